The van der Waals surface area contributed by atoms with Crippen molar-refractivity contribution in [2.75, 3.05) is 4.72 Å². The molecule has 7 nitrogen and oxygen atoms in total. The molecule has 0 aliphatic heterocycles. The first-order valence-electron chi connectivity index (χ1n) is 8.75. The van der Waals surface area contributed by atoms with Crippen LogP contribution in [0.4, 0.5) is 5.69 Å². The lowest BCUT2D eigenvalue weighted by atomic mass is 10.1. The minimum atomic E-state index is -3.65. The van der Waals surface area contributed by atoms with Crippen molar-refractivity contribution in [3.8, 4) is 0 Å². The lowest BCUT2D eigenvalue weighted by Gasteiger charge is -2.09. The number of nitrogens with one attached hydrogen (secondary N) is 3. The largest absolute Gasteiger partial charge is 0.279 e. The molecule has 0 saturated heterocycles. The molecule has 3 rings (SSSR count). The maximum Gasteiger partial charge on any atom is 0.271 e. The fraction of sp³-hybridized carbons (Fsp3) is 0.100. The molecule has 0 radical (unpaired) electrons. The van der Waals surface area contributed by atoms with Crippen molar-refractivity contribution in [3.05, 3.63) is 82.7 Å². The first-order valence-corrected chi connectivity index (χ1v) is 11.1. The number of hydrogen-bond acceptors (Lipinski definition) is 5. The van der Waals surface area contributed by atoms with Crippen molar-refractivity contribution >= 4 is 38.9 Å². The highest BCUT2D eigenvalue weighted by molar-refractivity contribution is 7.94. The summed E-state index contributed by atoms with van der Waals surface area (Å²) in [5, 5.41) is 1.68. The van der Waals surface area contributed by atoms with Crippen LogP contribution in [-0.4, -0.2) is 20.2 Å². The van der Waals surface area contributed by atoms with E-state index in [2.05, 4.69) is 15.6 Å². The Balaban J connectivity index is 1.58. The van der Waals surface area contributed by atoms with E-state index >= 15 is 0 Å². The van der Waals surface area contributed by atoms with Crippen molar-refractivity contribution in [1.29, 1.82) is 0 Å². The second kappa shape index (κ2) is 8.89. The predicted octanol–water partition coefficient (Wildman–Crippen LogP) is 3.19. The molecule has 9 heteroatoms. The van der Waals surface area contributed by atoms with E-state index in [0.717, 1.165) is 23.3 Å². The van der Waals surface area contributed by atoms with Crippen LogP contribution in [0.25, 0.3) is 0 Å². The van der Waals surface area contributed by atoms with Gasteiger partial charge in [0.2, 0.25) is 0 Å². The first-order chi connectivity index (χ1) is 13.9. The molecular formula is C20H19N3O4S2. The number of thiophene rings is 1. The minimum absolute atomic E-state index is 0.203. The van der Waals surface area contributed by atoms with Crippen LogP contribution in [0.3, 0.4) is 0 Å². The van der Waals surface area contributed by atoms with Crippen LogP contribution >= 0.6 is 11.3 Å². The summed E-state index contributed by atoms with van der Waals surface area (Å²) >= 11 is 1.11. The SMILES string of the molecule is CCc1ccc(C(=O)NNC(=O)c2ccc(NS(=O)(=O)c3cccs3)cc2)cc1. The number of aryl methyl sites for hydroxylation is 1. The third kappa shape index (κ3) is 5.21. The number of rotatable bonds is 6. The Kier molecular flexibility index (Phi) is 6.30. The Morgan fingerprint density at radius 3 is 1.90 bits per heavy atom. The maximum absolute atomic E-state index is 12.2. The van der Waals surface area contributed by atoms with Gasteiger partial charge >= 0.3 is 0 Å². The molecule has 0 saturated carbocycles. The van der Waals surface area contributed by atoms with E-state index in [0.29, 0.717) is 11.3 Å². The number of carbonyl (C=O) groups excluding carboxylic acids is 2. The molecule has 0 unspecified atom stereocenters. The van der Waals surface area contributed by atoms with Gasteiger partial charge in [0.05, 0.1) is 0 Å². The second-order valence-electron chi connectivity index (χ2n) is 6.07. The lowest BCUT2D eigenvalue weighted by molar-refractivity contribution is 0.0846. The molecule has 0 bridgehead atoms. The van der Waals surface area contributed by atoms with Crippen molar-refractivity contribution in [1.82, 2.24) is 10.9 Å². The molecule has 0 aliphatic carbocycles. The Labute approximate surface area is 172 Å². The van der Waals surface area contributed by atoms with Crippen LogP contribution in [0.15, 0.2) is 70.3 Å². The number of benzene rings is 2. The molecule has 1 heterocycles. The van der Waals surface area contributed by atoms with E-state index in [9.17, 15) is 18.0 Å². The van der Waals surface area contributed by atoms with E-state index in [1.165, 1.54) is 30.3 Å². The summed E-state index contributed by atoms with van der Waals surface area (Å²) in [6.45, 7) is 2.02. The number of amides is 2. The molecule has 150 valence electrons. The summed E-state index contributed by atoms with van der Waals surface area (Å²) in [5.74, 6) is -0.947. The molecule has 3 N–H and O–H groups in total. The van der Waals surface area contributed by atoms with Crippen molar-refractivity contribution in [2.45, 2.75) is 17.6 Å². The number of hydrazine groups is 1. The number of anilines is 1. The van der Waals surface area contributed by atoms with Crippen LogP contribution in [0.2, 0.25) is 0 Å². The normalized spacial score (nSPS) is 10.9. The number of hydrogen-bond donors (Lipinski definition) is 3. The summed E-state index contributed by atoms with van der Waals surface area (Å²) in [5.41, 5.74) is 6.84. The Bertz CT molecular complexity index is 1090. The van der Waals surface area contributed by atoms with Gasteiger partial charge < -0.3 is 0 Å². The fourth-order valence-electron chi connectivity index (χ4n) is 2.46. The summed E-state index contributed by atoms with van der Waals surface area (Å²) in [7, 11) is -3.65. The molecule has 1 aromatic heterocycles. The summed E-state index contributed by atoms with van der Waals surface area (Å²) < 4.78 is 27.1. The third-order valence-electron chi connectivity index (χ3n) is 4.07. The topological polar surface area (TPSA) is 104 Å². The van der Waals surface area contributed by atoms with Gasteiger partial charge in [-0.25, -0.2) is 8.42 Å². The van der Waals surface area contributed by atoms with Gasteiger partial charge in [-0.1, -0.05) is 25.1 Å². The predicted molar refractivity (Wildman–Crippen MR) is 112 cm³/mol. The van der Waals surface area contributed by atoms with Crippen LogP contribution in [-0.2, 0) is 16.4 Å². The van der Waals surface area contributed by atoms with E-state index in [-0.39, 0.29) is 9.77 Å². The molecule has 2 aromatic carbocycles. The van der Waals surface area contributed by atoms with Crippen LogP contribution in [0, 0.1) is 0 Å². The highest BCUT2D eigenvalue weighted by atomic mass is 32.2. The van der Waals surface area contributed by atoms with E-state index in [4.69, 9.17) is 0 Å². The van der Waals surface area contributed by atoms with E-state index in [1.54, 1.807) is 23.6 Å². The summed E-state index contributed by atoms with van der Waals surface area (Å²) in [6, 6.07) is 16.1. The number of carbonyl (C=O) groups is 2. The lowest BCUT2D eigenvalue weighted by Crippen LogP contribution is -2.41. The molecular weight excluding hydrogens is 410 g/mol. The Morgan fingerprint density at radius 2 is 1.41 bits per heavy atom. The monoisotopic (exact) mass is 429 g/mol. The van der Waals surface area contributed by atoms with Gasteiger partial charge in [0.1, 0.15) is 4.21 Å². The van der Waals surface area contributed by atoms with E-state index < -0.39 is 21.8 Å². The van der Waals surface area contributed by atoms with Gasteiger partial charge in [0.25, 0.3) is 21.8 Å². The van der Waals surface area contributed by atoms with Gasteiger partial charge in [0, 0.05) is 16.8 Å². The summed E-state index contributed by atoms with van der Waals surface area (Å²) in [6.07, 6.45) is 0.873. The molecule has 2 amide bonds. The molecule has 0 aliphatic rings. The van der Waals surface area contributed by atoms with Gasteiger partial charge in [0.15, 0.2) is 0 Å². The Morgan fingerprint density at radius 1 is 0.862 bits per heavy atom. The van der Waals surface area contributed by atoms with Crippen molar-refractivity contribution < 1.29 is 18.0 Å². The van der Waals surface area contributed by atoms with Crippen molar-refractivity contribution in [3.63, 3.8) is 0 Å². The molecule has 3 aromatic rings. The number of sulfonamides is 1. The van der Waals surface area contributed by atoms with Crippen molar-refractivity contribution in [2.24, 2.45) is 0 Å². The standard InChI is InChI=1S/C20H19N3O4S2/c1-2-14-5-7-15(8-6-14)19(24)21-22-20(25)16-9-11-17(12-10-16)23-29(26,27)18-4-3-13-28-18/h3-13,23H,2H2,1H3,(H,21,24)(H,22,25). The minimum Gasteiger partial charge on any atom is -0.279 e. The second-order valence-corrected chi connectivity index (χ2v) is 8.93. The molecule has 0 spiro atoms. The van der Waals surface area contributed by atoms with Gasteiger partial charge in [-0.05, 0) is 59.8 Å². The van der Waals surface area contributed by atoms with Crippen LogP contribution in [0.1, 0.15) is 33.2 Å². The Hall–Kier alpha value is -3.17. The molecule has 0 fully saturated rings. The average Bonchev–Trinajstić information content (AvgIpc) is 3.28. The summed E-state index contributed by atoms with van der Waals surface area (Å²) in [4.78, 5) is 24.3. The van der Waals surface area contributed by atoms with E-state index in [1.807, 2.05) is 19.1 Å². The van der Waals surface area contributed by atoms with Gasteiger partial charge in [-0.2, -0.15) is 0 Å². The molecule has 29 heavy (non-hydrogen) atoms. The quantitative estimate of drug-likeness (QED) is 0.524. The smallest absolute Gasteiger partial charge is 0.271 e. The zero-order valence-electron chi connectivity index (χ0n) is 15.5. The maximum atomic E-state index is 12.2. The first kappa shape index (κ1) is 20.6. The zero-order valence-corrected chi connectivity index (χ0v) is 17.1. The highest BCUT2D eigenvalue weighted by Gasteiger charge is 2.15. The molecule has 0 atom stereocenters. The van der Waals surface area contributed by atoms with Gasteiger partial charge in [-0.3, -0.25) is 25.2 Å². The van der Waals surface area contributed by atoms with Crippen LogP contribution < -0.4 is 15.6 Å². The van der Waals surface area contributed by atoms with Gasteiger partial charge in [-0.15, -0.1) is 11.3 Å². The third-order valence-corrected chi connectivity index (χ3v) is 6.85. The fourth-order valence-corrected chi connectivity index (χ4v) is 4.51. The highest BCUT2D eigenvalue weighted by Crippen LogP contribution is 2.20. The average molecular weight is 430 g/mol. The van der Waals surface area contributed by atoms with Crippen LogP contribution in [0.5, 0.6) is 0 Å². The zero-order chi connectivity index (χ0) is 20.9.